The Morgan fingerprint density at radius 2 is 1.63 bits per heavy atom. The van der Waals surface area contributed by atoms with Gasteiger partial charge in [0, 0.05) is 0 Å². The monoisotopic (exact) mass is 318 g/mol. The second kappa shape index (κ2) is 5.80. The molecule has 0 aromatic heterocycles. The van der Waals surface area contributed by atoms with E-state index < -0.39 is 39.6 Å². The van der Waals surface area contributed by atoms with Crippen LogP contribution in [0.15, 0.2) is 0 Å². The smallest absolute Gasteiger partial charge is 0.464 e. The van der Waals surface area contributed by atoms with Crippen LogP contribution in [0.25, 0.3) is 0 Å². The largest absolute Gasteiger partial charge is 0.482 e. The van der Waals surface area contributed by atoms with Crippen LogP contribution in [0, 0.1) is 0 Å². The van der Waals surface area contributed by atoms with Gasteiger partial charge in [0.15, 0.2) is 11.9 Å². The van der Waals surface area contributed by atoms with Crippen molar-refractivity contribution in [2.24, 2.45) is 0 Å². The molecule has 1 aliphatic rings. The Bertz CT molecular complexity index is 472. The number of ketones is 1. The molecule has 0 radical (unpaired) electrons. The van der Waals surface area contributed by atoms with E-state index in [2.05, 4.69) is 18.1 Å². The molecule has 1 fully saturated rings. The lowest BCUT2D eigenvalue weighted by Gasteiger charge is -2.19. The van der Waals surface area contributed by atoms with Gasteiger partial charge < -0.3 is 14.5 Å². The van der Waals surface area contributed by atoms with Crippen LogP contribution in [-0.4, -0.2) is 40.4 Å². The van der Waals surface area contributed by atoms with E-state index in [9.17, 15) is 18.7 Å². The third-order valence-electron chi connectivity index (χ3n) is 1.89. The number of esters is 1. The number of Topliss-reactive ketones (excluding diaryl/α,β-unsaturated/α-hetero) is 1. The Morgan fingerprint density at radius 1 is 1.16 bits per heavy atom. The van der Waals surface area contributed by atoms with E-state index >= 15 is 0 Å². The fourth-order valence-corrected chi connectivity index (χ4v) is 3.63. The van der Waals surface area contributed by atoms with Crippen molar-refractivity contribution in [3.63, 3.8) is 0 Å². The standard InChI is InChI=1S/C7H12O10P2/c1-3-14-7(9)6-5(4(2)8)15-18(10,11)17-19(12,13)16-6/h5-6H,3H2,1-2H3,(H,10,11)(H,12,13)/t5-,6+/m0/s1. The third-order valence-corrected chi connectivity index (χ3v) is 4.53. The number of rotatable bonds is 3. The average molecular weight is 318 g/mol. The number of carbonyl (C=O) groups is 2. The minimum Gasteiger partial charge on any atom is -0.464 e. The fraction of sp³-hybridized carbons (Fsp3) is 0.714. The first-order valence-electron chi connectivity index (χ1n) is 4.99. The number of ether oxygens (including phenoxy) is 1. The van der Waals surface area contributed by atoms with Crippen LogP contribution < -0.4 is 0 Å². The predicted molar refractivity (Wildman–Crippen MR) is 57.8 cm³/mol. The van der Waals surface area contributed by atoms with Gasteiger partial charge in [-0.25, -0.2) is 13.9 Å². The van der Waals surface area contributed by atoms with Crippen molar-refractivity contribution in [1.29, 1.82) is 0 Å². The first-order chi connectivity index (χ1) is 8.58. The Kier molecular flexibility index (Phi) is 5.02. The van der Waals surface area contributed by atoms with Gasteiger partial charge in [-0.2, -0.15) is 4.31 Å². The summed E-state index contributed by atoms with van der Waals surface area (Å²) >= 11 is 0. The van der Waals surface area contributed by atoms with Crippen molar-refractivity contribution in [3.05, 3.63) is 0 Å². The van der Waals surface area contributed by atoms with Gasteiger partial charge in [0.05, 0.1) is 6.61 Å². The summed E-state index contributed by atoms with van der Waals surface area (Å²) < 4.78 is 39.7. The zero-order chi connectivity index (χ0) is 14.8. The molecular formula is C7H12O10P2. The lowest BCUT2D eigenvalue weighted by molar-refractivity contribution is -0.159. The van der Waals surface area contributed by atoms with E-state index in [0.29, 0.717) is 0 Å². The van der Waals surface area contributed by atoms with Crippen LogP contribution in [0.4, 0.5) is 0 Å². The molecule has 0 saturated carbocycles. The second-order valence-corrected chi connectivity index (χ2v) is 6.38. The zero-order valence-corrected chi connectivity index (χ0v) is 11.7. The molecule has 0 aliphatic carbocycles. The molecule has 2 N–H and O–H groups in total. The van der Waals surface area contributed by atoms with Crippen LogP contribution >= 0.6 is 15.6 Å². The molecular weight excluding hydrogens is 306 g/mol. The summed E-state index contributed by atoms with van der Waals surface area (Å²) in [4.78, 5) is 41.1. The van der Waals surface area contributed by atoms with E-state index in [0.717, 1.165) is 6.92 Å². The van der Waals surface area contributed by atoms with Crippen LogP contribution in [0.2, 0.25) is 0 Å². The van der Waals surface area contributed by atoms with Crippen molar-refractivity contribution in [2.75, 3.05) is 6.61 Å². The first kappa shape index (κ1) is 16.5. The third kappa shape index (κ3) is 4.47. The highest BCUT2D eigenvalue weighted by Crippen LogP contribution is 2.64. The number of phosphoric ester groups is 2. The highest BCUT2D eigenvalue weighted by molar-refractivity contribution is 7.61. The average Bonchev–Trinajstić information content (AvgIpc) is 2.30. The van der Waals surface area contributed by atoms with E-state index in [1.807, 2.05) is 0 Å². The van der Waals surface area contributed by atoms with Crippen LogP contribution in [0.1, 0.15) is 13.8 Å². The SMILES string of the molecule is CCOC(=O)[C@@H]1OP(=O)(O)OP(=O)(O)O[C@H]1C(C)=O. The highest BCUT2D eigenvalue weighted by Gasteiger charge is 2.51. The molecule has 0 aromatic rings. The van der Waals surface area contributed by atoms with Crippen LogP contribution in [0.5, 0.6) is 0 Å². The maximum Gasteiger partial charge on any atom is 0.482 e. The minimum absolute atomic E-state index is 0.101. The molecule has 10 nitrogen and oxygen atoms in total. The van der Waals surface area contributed by atoms with Crippen molar-refractivity contribution >= 4 is 27.4 Å². The van der Waals surface area contributed by atoms with E-state index in [4.69, 9.17) is 9.79 Å². The molecule has 2 unspecified atom stereocenters. The van der Waals surface area contributed by atoms with Crippen molar-refractivity contribution < 1.29 is 46.6 Å². The quantitative estimate of drug-likeness (QED) is 0.544. The fourth-order valence-electron chi connectivity index (χ4n) is 1.24. The number of hydrogen-bond donors (Lipinski definition) is 2. The normalized spacial score (nSPS) is 39.4. The summed E-state index contributed by atoms with van der Waals surface area (Å²) in [6.45, 7) is 2.29. The predicted octanol–water partition coefficient (Wildman–Crippen LogP) is 0.140. The van der Waals surface area contributed by atoms with Gasteiger partial charge in [-0.1, -0.05) is 0 Å². The maximum atomic E-state index is 11.5. The van der Waals surface area contributed by atoms with Gasteiger partial charge >= 0.3 is 21.6 Å². The Balaban J connectivity index is 3.16. The van der Waals surface area contributed by atoms with Gasteiger partial charge in [-0.05, 0) is 13.8 Å². The van der Waals surface area contributed by atoms with E-state index in [1.165, 1.54) is 6.92 Å². The van der Waals surface area contributed by atoms with Crippen molar-refractivity contribution in [1.82, 2.24) is 0 Å². The number of phosphoric acid groups is 2. The van der Waals surface area contributed by atoms with E-state index in [-0.39, 0.29) is 6.61 Å². The van der Waals surface area contributed by atoms with Gasteiger partial charge in [0.25, 0.3) is 0 Å². The first-order valence-corrected chi connectivity index (χ1v) is 7.98. The minimum atomic E-state index is -5.05. The lowest BCUT2D eigenvalue weighted by Crippen LogP contribution is -2.41. The second-order valence-electron chi connectivity index (χ2n) is 3.43. The molecule has 12 heteroatoms. The molecule has 0 bridgehead atoms. The molecule has 1 saturated heterocycles. The molecule has 1 aliphatic heterocycles. The van der Waals surface area contributed by atoms with Gasteiger partial charge in [-0.15, -0.1) is 0 Å². The van der Waals surface area contributed by atoms with Crippen molar-refractivity contribution in [2.45, 2.75) is 26.1 Å². The Hall–Kier alpha value is -0.600. The maximum absolute atomic E-state index is 11.5. The summed E-state index contributed by atoms with van der Waals surface area (Å²) in [7, 11) is -10.1. The zero-order valence-electron chi connectivity index (χ0n) is 9.92. The molecule has 0 spiro atoms. The van der Waals surface area contributed by atoms with Gasteiger partial charge in [-0.3, -0.25) is 13.8 Å². The van der Waals surface area contributed by atoms with Crippen molar-refractivity contribution in [3.8, 4) is 0 Å². The molecule has 19 heavy (non-hydrogen) atoms. The van der Waals surface area contributed by atoms with Gasteiger partial charge in [0.2, 0.25) is 6.10 Å². The summed E-state index contributed by atoms with van der Waals surface area (Å²) in [5.74, 6) is -2.07. The molecule has 1 heterocycles. The van der Waals surface area contributed by atoms with Crippen LogP contribution in [0.3, 0.4) is 0 Å². The highest BCUT2D eigenvalue weighted by atomic mass is 31.3. The summed E-state index contributed by atoms with van der Waals surface area (Å²) in [5.41, 5.74) is 0. The Labute approximate surface area is 107 Å². The summed E-state index contributed by atoms with van der Waals surface area (Å²) in [6, 6.07) is 0. The summed E-state index contributed by atoms with van der Waals surface area (Å²) in [6.07, 6.45) is -3.87. The molecule has 1 rings (SSSR count). The number of carbonyl (C=O) groups excluding carboxylic acids is 2. The Morgan fingerprint density at radius 3 is 2.05 bits per heavy atom. The van der Waals surface area contributed by atoms with Gasteiger partial charge in [0.1, 0.15) is 0 Å². The number of hydrogen-bond acceptors (Lipinski definition) is 8. The molecule has 0 aromatic carbocycles. The lowest BCUT2D eigenvalue weighted by atomic mass is 10.1. The molecule has 4 atom stereocenters. The molecule has 0 amide bonds. The van der Waals surface area contributed by atoms with Crippen LogP contribution in [-0.2, 0) is 36.8 Å². The topological polar surface area (TPSA) is 146 Å². The summed E-state index contributed by atoms with van der Waals surface area (Å²) in [5, 5.41) is 0. The molecule has 110 valence electrons. The van der Waals surface area contributed by atoms with E-state index in [1.54, 1.807) is 0 Å².